The maximum absolute atomic E-state index is 12.8. The summed E-state index contributed by atoms with van der Waals surface area (Å²) in [6.07, 6.45) is 3.30. The van der Waals surface area contributed by atoms with Gasteiger partial charge >= 0.3 is 0 Å². The Balaban J connectivity index is 1.71. The number of hydrogen-bond acceptors (Lipinski definition) is 4. The molecule has 0 unspecified atom stereocenters. The molecule has 8 heteroatoms. The topological polar surface area (TPSA) is 75.6 Å². The lowest BCUT2D eigenvalue weighted by atomic mass is 10.2. The molecule has 0 spiro atoms. The number of hydrogen-bond donors (Lipinski definition) is 2. The number of carbonyl (C=O) groups is 1. The number of thiophene rings is 1. The van der Waals surface area contributed by atoms with E-state index >= 15 is 0 Å². The van der Waals surface area contributed by atoms with Crippen LogP contribution < -0.4 is 5.32 Å². The second-order valence-electron chi connectivity index (χ2n) is 5.23. The smallest absolute Gasteiger partial charge is 0.259 e. The van der Waals surface area contributed by atoms with Crippen LogP contribution in [0.1, 0.15) is 10.4 Å². The normalized spacial score (nSPS) is 11.1. The third-order valence-electron chi connectivity index (χ3n) is 3.58. The van der Waals surface area contributed by atoms with Crippen LogP contribution in [0.5, 0.6) is 0 Å². The third kappa shape index (κ3) is 2.57. The van der Waals surface area contributed by atoms with Crippen LogP contribution in [-0.4, -0.2) is 25.7 Å². The number of aromatic nitrogens is 4. The molecule has 1 amide bonds. The van der Waals surface area contributed by atoms with E-state index in [9.17, 15) is 4.79 Å². The van der Waals surface area contributed by atoms with Crippen molar-refractivity contribution in [3.05, 3.63) is 52.8 Å². The fourth-order valence-corrected chi connectivity index (χ4v) is 3.58. The summed E-state index contributed by atoms with van der Waals surface area (Å²) in [5, 5.41) is 7.31. The first-order valence-corrected chi connectivity index (χ1v) is 8.34. The van der Waals surface area contributed by atoms with Crippen LogP contribution in [0.25, 0.3) is 21.6 Å². The molecular weight excluding hydrogens is 346 g/mol. The molecule has 2 N–H and O–H groups in total. The van der Waals surface area contributed by atoms with Crippen LogP contribution in [0.4, 0.5) is 5.69 Å². The molecular formula is C16H12ClN5OS. The van der Waals surface area contributed by atoms with Gasteiger partial charge in [0, 0.05) is 13.2 Å². The van der Waals surface area contributed by atoms with Crippen LogP contribution in [0.15, 0.2) is 42.9 Å². The number of H-pyrrole nitrogens is 1. The van der Waals surface area contributed by atoms with Gasteiger partial charge in [0.05, 0.1) is 32.3 Å². The summed E-state index contributed by atoms with van der Waals surface area (Å²) in [6.45, 7) is 0. The Labute approximate surface area is 146 Å². The van der Waals surface area contributed by atoms with Gasteiger partial charge in [-0.05, 0) is 24.3 Å². The molecule has 0 saturated heterocycles. The lowest BCUT2D eigenvalue weighted by molar-refractivity contribution is 0.102. The van der Waals surface area contributed by atoms with Crippen molar-refractivity contribution < 1.29 is 4.79 Å². The van der Waals surface area contributed by atoms with E-state index in [0.717, 1.165) is 15.9 Å². The van der Waals surface area contributed by atoms with E-state index in [4.69, 9.17) is 11.6 Å². The van der Waals surface area contributed by atoms with E-state index in [1.54, 1.807) is 30.3 Å². The molecule has 120 valence electrons. The van der Waals surface area contributed by atoms with Gasteiger partial charge in [-0.3, -0.25) is 9.48 Å². The molecule has 3 aromatic heterocycles. The van der Waals surface area contributed by atoms with Crippen LogP contribution >= 0.6 is 22.9 Å². The first kappa shape index (κ1) is 14.9. The molecule has 0 aliphatic heterocycles. The molecule has 0 aliphatic rings. The Hall–Kier alpha value is -2.64. The predicted molar refractivity (Wildman–Crippen MR) is 95.6 cm³/mol. The lowest BCUT2D eigenvalue weighted by Crippen LogP contribution is -2.12. The SMILES string of the molecule is Cn1cc(C(=O)Nc2cccc3[nH]cnc23)c(-c2ccc(Cl)s2)n1. The van der Waals surface area contributed by atoms with Crippen molar-refractivity contribution in [2.75, 3.05) is 5.32 Å². The van der Waals surface area contributed by atoms with Crippen LogP contribution in [0, 0.1) is 0 Å². The zero-order chi connectivity index (χ0) is 16.7. The second-order valence-corrected chi connectivity index (χ2v) is 6.94. The molecule has 24 heavy (non-hydrogen) atoms. The molecule has 4 rings (SSSR count). The van der Waals surface area contributed by atoms with Gasteiger partial charge < -0.3 is 10.3 Å². The Bertz CT molecular complexity index is 1050. The molecule has 0 saturated carbocycles. The fourth-order valence-electron chi connectivity index (χ4n) is 2.53. The number of aromatic amines is 1. The first-order chi connectivity index (χ1) is 11.6. The highest BCUT2D eigenvalue weighted by Gasteiger charge is 2.19. The summed E-state index contributed by atoms with van der Waals surface area (Å²) in [7, 11) is 1.78. The minimum atomic E-state index is -0.238. The molecule has 0 aliphatic carbocycles. The number of aryl methyl sites for hydroxylation is 1. The van der Waals surface area contributed by atoms with Crippen molar-refractivity contribution in [1.82, 2.24) is 19.7 Å². The van der Waals surface area contributed by atoms with Crippen molar-refractivity contribution >= 4 is 45.6 Å². The number of fused-ring (bicyclic) bond motifs is 1. The average Bonchev–Trinajstić information content (AvgIpc) is 3.26. The summed E-state index contributed by atoms with van der Waals surface area (Å²) in [5.74, 6) is -0.238. The highest BCUT2D eigenvalue weighted by molar-refractivity contribution is 7.19. The quantitative estimate of drug-likeness (QED) is 0.583. The summed E-state index contributed by atoms with van der Waals surface area (Å²) < 4.78 is 2.27. The van der Waals surface area contributed by atoms with Gasteiger partial charge in [-0.15, -0.1) is 11.3 Å². The van der Waals surface area contributed by atoms with E-state index in [2.05, 4.69) is 20.4 Å². The number of rotatable bonds is 3. The zero-order valence-electron chi connectivity index (χ0n) is 12.6. The lowest BCUT2D eigenvalue weighted by Gasteiger charge is -2.05. The summed E-state index contributed by atoms with van der Waals surface area (Å²) in [6, 6.07) is 9.24. The molecule has 4 aromatic rings. The van der Waals surface area contributed by atoms with Crippen molar-refractivity contribution in [2.45, 2.75) is 0 Å². The van der Waals surface area contributed by atoms with Gasteiger partial charge in [0.2, 0.25) is 0 Å². The molecule has 6 nitrogen and oxygen atoms in total. The van der Waals surface area contributed by atoms with Crippen molar-refractivity contribution in [3.63, 3.8) is 0 Å². The molecule has 1 aromatic carbocycles. The third-order valence-corrected chi connectivity index (χ3v) is 4.82. The Morgan fingerprint density at radius 3 is 3.00 bits per heavy atom. The maximum Gasteiger partial charge on any atom is 0.259 e. The minimum Gasteiger partial charge on any atom is -0.345 e. The standard InChI is InChI=1S/C16H12ClN5OS/c1-22-7-9(14(21-22)12-5-6-13(17)24-12)16(23)20-11-4-2-3-10-15(11)19-8-18-10/h2-8H,1H3,(H,18,19)(H,20,23). The Morgan fingerprint density at radius 2 is 2.21 bits per heavy atom. The van der Waals surface area contributed by atoms with Crippen molar-refractivity contribution in [2.24, 2.45) is 7.05 Å². The highest BCUT2D eigenvalue weighted by Crippen LogP contribution is 2.32. The zero-order valence-corrected chi connectivity index (χ0v) is 14.1. The van der Waals surface area contributed by atoms with Gasteiger partial charge in [0.25, 0.3) is 5.91 Å². The second kappa shape index (κ2) is 5.77. The number of anilines is 1. The predicted octanol–water partition coefficient (Wildman–Crippen LogP) is 3.93. The summed E-state index contributed by atoms with van der Waals surface area (Å²) in [5.41, 5.74) is 3.34. The fraction of sp³-hybridized carbons (Fsp3) is 0.0625. The number of para-hydroxylation sites is 1. The Kier molecular flexibility index (Phi) is 3.59. The van der Waals surface area contributed by atoms with Crippen LogP contribution in [0.3, 0.4) is 0 Å². The Morgan fingerprint density at radius 1 is 1.33 bits per heavy atom. The number of amides is 1. The number of nitrogens with zero attached hydrogens (tertiary/aromatic N) is 3. The number of halogens is 1. The van der Waals surface area contributed by atoms with Gasteiger partial charge in [0.1, 0.15) is 11.2 Å². The van der Waals surface area contributed by atoms with Crippen LogP contribution in [-0.2, 0) is 7.05 Å². The number of imidazole rings is 1. The molecule has 0 bridgehead atoms. The summed E-state index contributed by atoms with van der Waals surface area (Å²) >= 11 is 7.39. The van der Waals surface area contributed by atoms with E-state index in [1.165, 1.54) is 11.3 Å². The van der Waals surface area contributed by atoms with Crippen molar-refractivity contribution in [1.29, 1.82) is 0 Å². The van der Waals surface area contributed by atoms with Crippen LogP contribution in [0.2, 0.25) is 4.34 Å². The monoisotopic (exact) mass is 357 g/mol. The molecule has 3 heterocycles. The van der Waals surface area contributed by atoms with Gasteiger partial charge in [-0.25, -0.2) is 4.98 Å². The number of carbonyl (C=O) groups excluding carboxylic acids is 1. The average molecular weight is 358 g/mol. The molecule has 0 atom stereocenters. The highest BCUT2D eigenvalue weighted by atomic mass is 35.5. The van der Waals surface area contributed by atoms with E-state index in [0.29, 0.717) is 21.3 Å². The number of nitrogens with one attached hydrogen (secondary N) is 2. The van der Waals surface area contributed by atoms with E-state index < -0.39 is 0 Å². The minimum absolute atomic E-state index is 0.238. The van der Waals surface area contributed by atoms with Gasteiger partial charge in [-0.1, -0.05) is 17.7 Å². The maximum atomic E-state index is 12.8. The first-order valence-electron chi connectivity index (χ1n) is 7.14. The largest absolute Gasteiger partial charge is 0.345 e. The molecule has 0 fully saturated rings. The van der Waals surface area contributed by atoms with E-state index in [1.807, 2.05) is 24.3 Å². The van der Waals surface area contributed by atoms with Crippen molar-refractivity contribution in [3.8, 4) is 10.6 Å². The van der Waals surface area contributed by atoms with E-state index in [-0.39, 0.29) is 5.91 Å². The van der Waals surface area contributed by atoms with Gasteiger partial charge in [0.15, 0.2) is 0 Å². The van der Waals surface area contributed by atoms with Gasteiger partial charge in [-0.2, -0.15) is 5.10 Å². The molecule has 0 radical (unpaired) electrons. The number of benzene rings is 1. The summed E-state index contributed by atoms with van der Waals surface area (Å²) in [4.78, 5) is 20.9.